The highest BCUT2D eigenvalue weighted by Crippen LogP contribution is 2.43. The van der Waals surface area contributed by atoms with Crippen molar-refractivity contribution in [2.75, 3.05) is 0 Å². The SMILES string of the molecule is CC1CCC(C)(C(C)C)C(O)C1. The fourth-order valence-electron chi connectivity index (χ4n) is 2.17. The number of aliphatic hydroxyl groups excluding tert-OH is 1. The predicted octanol–water partition coefficient (Wildman–Crippen LogP) is 2.83. The van der Waals surface area contributed by atoms with Gasteiger partial charge in [-0.1, -0.05) is 27.7 Å². The van der Waals surface area contributed by atoms with Crippen LogP contribution in [0.3, 0.4) is 0 Å². The lowest BCUT2D eigenvalue weighted by atomic mass is 9.64. The van der Waals surface area contributed by atoms with Gasteiger partial charge < -0.3 is 5.11 Å². The molecule has 0 amide bonds. The summed E-state index contributed by atoms with van der Waals surface area (Å²) in [4.78, 5) is 0. The second kappa shape index (κ2) is 3.37. The maximum Gasteiger partial charge on any atom is 0.0598 e. The van der Waals surface area contributed by atoms with Crippen LogP contribution >= 0.6 is 0 Å². The minimum Gasteiger partial charge on any atom is -0.393 e. The summed E-state index contributed by atoms with van der Waals surface area (Å²) in [5.74, 6) is 1.31. The average molecular weight is 170 g/mol. The maximum atomic E-state index is 9.97. The van der Waals surface area contributed by atoms with Crippen molar-refractivity contribution in [2.24, 2.45) is 17.3 Å². The van der Waals surface area contributed by atoms with Crippen LogP contribution in [0, 0.1) is 17.3 Å². The first kappa shape index (κ1) is 10.0. The maximum absolute atomic E-state index is 9.97. The Morgan fingerprint density at radius 3 is 2.42 bits per heavy atom. The monoisotopic (exact) mass is 170 g/mol. The summed E-state index contributed by atoms with van der Waals surface area (Å²) in [7, 11) is 0. The van der Waals surface area contributed by atoms with Crippen LogP contribution in [0.4, 0.5) is 0 Å². The van der Waals surface area contributed by atoms with Crippen molar-refractivity contribution < 1.29 is 5.11 Å². The highest BCUT2D eigenvalue weighted by molar-refractivity contribution is 4.90. The summed E-state index contributed by atoms with van der Waals surface area (Å²) in [6.45, 7) is 8.91. The molecule has 0 saturated heterocycles. The summed E-state index contributed by atoms with van der Waals surface area (Å²) in [6, 6.07) is 0. The van der Waals surface area contributed by atoms with E-state index in [2.05, 4.69) is 27.7 Å². The van der Waals surface area contributed by atoms with E-state index < -0.39 is 0 Å². The Morgan fingerprint density at radius 1 is 1.42 bits per heavy atom. The molecule has 3 atom stereocenters. The van der Waals surface area contributed by atoms with Gasteiger partial charge in [-0.25, -0.2) is 0 Å². The third-order valence-electron chi connectivity index (χ3n) is 3.88. The average Bonchev–Trinajstić information content (AvgIpc) is 1.97. The minimum absolute atomic E-state index is 0.0822. The van der Waals surface area contributed by atoms with E-state index in [1.807, 2.05) is 0 Å². The topological polar surface area (TPSA) is 20.2 Å². The third kappa shape index (κ3) is 1.66. The van der Waals surface area contributed by atoms with Gasteiger partial charge in [0.25, 0.3) is 0 Å². The summed E-state index contributed by atoms with van der Waals surface area (Å²) in [5, 5.41) is 9.97. The van der Waals surface area contributed by atoms with Gasteiger partial charge in [0.2, 0.25) is 0 Å². The summed E-state index contributed by atoms with van der Waals surface area (Å²) in [5.41, 5.74) is 0.173. The van der Waals surface area contributed by atoms with E-state index in [0.717, 1.165) is 6.42 Å². The lowest BCUT2D eigenvalue weighted by Gasteiger charge is -2.44. The van der Waals surface area contributed by atoms with Gasteiger partial charge in [-0.05, 0) is 36.5 Å². The molecule has 1 aliphatic rings. The Hall–Kier alpha value is -0.0400. The smallest absolute Gasteiger partial charge is 0.0598 e. The van der Waals surface area contributed by atoms with Crippen LogP contribution in [0.15, 0.2) is 0 Å². The fourth-order valence-corrected chi connectivity index (χ4v) is 2.17. The number of hydrogen-bond donors (Lipinski definition) is 1. The van der Waals surface area contributed by atoms with Crippen LogP contribution in [0.25, 0.3) is 0 Å². The Kier molecular flexibility index (Phi) is 2.82. The molecular formula is C11H22O. The summed E-state index contributed by atoms with van der Waals surface area (Å²) in [6.07, 6.45) is 3.38. The highest BCUT2D eigenvalue weighted by Gasteiger charge is 2.39. The molecule has 0 aromatic heterocycles. The van der Waals surface area contributed by atoms with Crippen molar-refractivity contribution in [1.29, 1.82) is 0 Å². The Bertz CT molecular complexity index is 153. The van der Waals surface area contributed by atoms with Crippen LogP contribution in [0.2, 0.25) is 0 Å². The number of aliphatic hydroxyl groups is 1. The number of hydrogen-bond acceptors (Lipinski definition) is 1. The van der Waals surface area contributed by atoms with Crippen LogP contribution in [0.1, 0.15) is 47.0 Å². The van der Waals surface area contributed by atoms with Crippen molar-refractivity contribution in [1.82, 2.24) is 0 Å². The van der Waals surface area contributed by atoms with Gasteiger partial charge in [0.05, 0.1) is 6.10 Å². The van der Waals surface area contributed by atoms with Gasteiger partial charge in [-0.2, -0.15) is 0 Å². The van der Waals surface area contributed by atoms with Crippen LogP contribution in [-0.4, -0.2) is 11.2 Å². The summed E-state index contributed by atoms with van der Waals surface area (Å²) >= 11 is 0. The molecule has 1 N–H and O–H groups in total. The van der Waals surface area contributed by atoms with Crippen molar-refractivity contribution in [3.8, 4) is 0 Å². The molecule has 0 bridgehead atoms. The number of rotatable bonds is 1. The van der Waals surface area contributed by atoms with Crippen molar-refractivity contribution >= 4 is 0 Å². The molecule has 0 heterocycles. The van der Waals surface area contributed by atoms with E-state index in [1.54, 1.807) is 0 Å². The van der Waals surface area contributed by atoms with Crippen molar-refractivity contribution in [2.45, 2.75) is 53.1 Å². The Labute approximate surface area is 76.2 Å². The molecule has 0 radical (unpaired) electrons. The second-order valence-corrected chi connectivity index (χ2v) is 5.06. The molecule has 1 fully saturated rings. The molecule has 0 aromatic rings. The standard InChI is InChI=1S/C11H22O/c1-8(2)11(4)6-5-9(3)7-10(11)12/h8-10,12H,5-7H2,1-4H3. The first-order chi connectivity index (χ1) is 5.47. The van der Waals surface area contributed by atoms with E-state index in [4.69, 9.17) is 0 Å². The molecule has 0 aromatic carbocycles. The normalized spacial score (nSPS) is 43.5. The molecule has 1 aliphatic carbocycles. The zero-order chi connectivity index (χ0) is 9.35. The predicted molar refractivity (Wildman–Crippen MR) is 52.0 cm³/mol. The van der Waals surface area contributed by atoms with Crippen molar-refractivity contribution in [3.63, 3.8) is 0 Å². The van der Waals surface area contributed by atoms with E-state index in [9.17, 15) is 5.11 Å². The van der Waals surface area contributed by atoms with E-state index in [-0.39, 0.29) is 11.5 Å². The zero-order valence-electron chi connectivity index (χ0n) is 8.80. The van der Waals surface area contributed by atoms with Gasteiger partial charge in [0.15, 0.2) is 0 Å². The van der Waals surface area contributed by atoms with Gasteiger partial charge in [0.1, 0.15) is 0 Å². The summed E-state index contributed by atoms with van der Waals surface area (Å²) < 4.78 is 0. The molecule has 1 heteroatoms. The lowest BCUT2D eigenvalue weighted by Crippen LogP contribution is -2.41. The van der Waals surface area contributed by atoms with Crippen molar-refractivity contribution in [3.05, 3.63) is 0 Å². The lowest BCUT2D eigenvalue weighted by molar-refractivity contribution is -0.0453. The molecule has 0 spiro atoms. The third-order valence-corrected chi connectivity index (χ3v) is 3.88. The van der Waals surface area contributed by atoms with Crippen LogP contribution in [0.5, 0.6) is 0 Å². The zero-order valence-corrected chi connectivity index (χ0v) is 8.80. The van der Waals surface area contributed by atoms with E-state index in [1.165, 1.54) is 12.8 Å². The molecule has 72 valence electrons. The molecule has 12 heavy (non-hydrogen) atoms. The molecule has 1 rings (SSSR count). The first-order valence-electron chi connectivity index (χ1n) is 5.15. The van der Waals surface area contributed by atoms with Gasteiger partial charge in [-0.15, -0.1) is 0 Å². The molecule has 1 nitrogen and oxygen atoms in total. The molecule has 3 unspecified atom stereocenters. The Morgan fingerprint density at radius 2 is 2.00 bits per heavy atom. The minimum atomic E-state index is -0.0822. The largest absolute Gasteiger partial charge is 0.393 e. The highest BCUT2D eigenvalue weighted by atomic mass is 16.3. The molecule has 1 saturated carbocycles. The Balaban J connectivity index is 2.66. The van der Waals surface area contributed by atoms with Gasteiger partial charge in [0, 0.05) is 0 Å². The van der Waals surface area contributed by atoms with E-state index >= 15 is 0 Å². The molecule has 0 aliphatic heterocycles. The van der Waals surface area contributed by atoms with E-state index in [0.29, 0.717) is 11.8 Å². The van der Waals surface area contributed by atoms with Gasteiger partial charge in [-0.3, -0.25) is 0 Å². The first-order valence-corrected chi connectivity index (χ1v) is 5.15. The van der Waals surface area contributed by atoms with Crippen LogP contribution < -0.4 is 0 Å². The fraction of sp³-hybridized carbons (Fsp3) is 1.00. The van der Waals surface area contributed by atoms with Crippen LogP contribution in [-0.2, 0) is 0 Å². The molecular weight excluding hydrogens is 148 g/mol. The second-order valence-electron chi connectivity index (χ2n) is 5.06. The van der Waals surface area contributed by atoms with Gasteiger partial charge >= 0.3 is 0 Å². The quantitative estimate of drug-likeness (QED) is 0.641.